The normalized spacial score (nSPS) is 9.69. The Morgan fingerprint density at radius 3 is 2.77 bits per heavy atom. The fourth-order valence-corrected chi connectivity index (χ4v) is 1.05. The third-order valence-corrected chi connectivity index (χ3v) is 1.68. The van der Waals surface area contributed by atoms with Crippen LogP contribution >= 0.6 is 0 Å². The molecule has 0 aliphatic carbocycles. The maximum atomic E-state index is 10.7. The van der Waals surface area contributed by atoms with E-state index in [1.165, 1.54) is 0 Å². The molecule has 0 aliphatic rings. The molecule has 13 heavy (non-hydrogen) atoms. The SMILES string of the molecule is CCOc1cc(C=O)ccc1C[O]. The first-order valence-corrected chi connectivity index (χ1v) is 4.10. The van der Waals surface area contributed by atoms with Gasteiger partial charge in [0.1, 0.15) is 18.6 Å². The molecular formula is C10H11O3. The molecule has 0 atom stereocenters. The van der Waals surface area contributed by atoms with Crippen molar-refractivity contribution in [2.45, 2.75) is 13.5 Å². The van der Waals surface area contributed by atoms with E-state index in [1.54, 1.807) is 18.2 Å². The van der Waals surface area contributed by atoms with Crippen LogP contribution in [-0.4, -0.2) is 12.9 Å². The first-order chi connectivity index (χ1) is 6.31. The van der Waals surface area contributed by atoms with Crippen molar-refractivity contribution in [3.8, 4) is 5.75 Å². The van der Waals surface area contributed by atoms with Gasteiger partial charge in [-0.15, -0.1) is 0 Å². The van der Waals surface area contributed by atoms with Crippen molar-refractivity contribution >= 4 is 6.29 Å². The highest BCUT2D eigenvalue weighted by Crippen LogP contribution is 2.19. The largest absolute Gasteiger partial charge is 0.493 e. The predicted octanol–water partition coefficient (Wildman–Crippen LogP) is 1.83. The van der Waals surface area contributed by atoms with E-state index in [4.69, 9.17) is 4.74 Å². The number of carbonyl (C=O) groups is 1. The van der Waals surface area contributed by atoms with Gasteiger partial charge in [0, 0.05) is 11.1 Å². The second kappa shape index (κ2) is 4.62. The molecule has 1 aromatic rings. The summed E-state index contributed by atoms with van der Waals surface area (Å²) in [5, 5.41) is 10.7. The molecule has 1 rings (SSSR count). The summed E-state index contributed by atoms with van der Waals surface area (Å²) in [6.07, 6.45) is 0.733. The van der Waals surface area contributed by atoms with Crippen LogP contribution in [0.4, 0.5) is 0 Å². The van der Waals surface area contributed by atoms with Gasteiger partial charge < -0.3 is 4.74 Å². The van der Waals surface area contributed by atoms with Crippen LogP contribution in [0.25, 0.3) is 0 Å². The Bertz CT molecular complexity index is 294. The van der Waals surface area contributed by atoms with Gasteiger partial charge in [0.2, 0.25) is 0 Å². The lowest BCUT2D eigenvalue weighted by molar-refractivity contribution is 0.112. The number of aldehydes is 1. The molecule has 1 radical (unpaired) electrons. The Balaban J connectivity index is 3.02. The molecule has 1 aromatic carbocycles. The molecular weight excluding hydrogens is 168 g/mol. The molecule has 0 saturated carbocycles. The highest BCUT2D eigenvalue weighted by atomic mass is 16.5. The summed E-state index contributed by atoms with van der Waals surface area (Å²) in [5.41, 5.74) is 1.12. The molecule has 0 aliphatic heterocycles. The average molecular weight is 179 g/mol. The maximum absolute atomic E-state index is 10.7. The quantitative estimate of drug-likeness (QED) is 0.662. The molecule has 0 amide bonds. The monoisotopic (exact) mass is 179 g/mol. The van der Waals surface area contributed by atoms with E-state index >= 15 is 0 Å². The van der Waals surface area contributed by atoms with Gasteiger partial charge in [-0.3, -0.25) is 4.79 Å². The summed E-state index contributed by atoms with van der Waals surface area (Å²) in [6, 6.07) is 4.83. The summed E-state index contributed by atoms with van der Waals surface area (Å²) in [4.78, 5) is 10.4. The van der Waals surface area contributed by atoms with Crippen molar-refractivity contribution in [2.24, 2.45) is 0 Å². The Morgan fingerprint density at radius 1 is 1.46 bits per heavy atom. The van der Waals surface area contributed by atoms with Gasteiger partial charge in [-0.05, 0) is 13.0 Å². The van der Waals surface area contributed by atoms with Crippen LogP contribution in [0.1, 0.15) is 22.8 Å². The topological polar surface area (TPSA) is 46.2 Å². The molecule has 0 spiro atoms. The molecule has 0 N–H and O–H groups in total. The zero-order valence-electron chi connectivity index (χ0n) is 7.45. The second-order valence-electron chi connectivity index (χ2n) is 2.56. The molecule has 3 nitrogen and oxygen atoms in total. The Kier molecular flexibility index (Phi) is 3.46. The smallest absolute Gasteiger partial charge is 0.150 e. The molecule has 0 heterocycles. The molecule has 0 unspecified atom stereocenters. The van der Waals surface area contributed by atoms with Crippen molar-refractivity contribution in [3.05, 3.63) is 29.3 Å². The number of ether oxygens (including phenoxy) is 1. The van der Waals surface area contributed by atoms with Crippen LogP contribution in [0.5, 0.6) is 5.75 Å². The van der Waals surface area contributed by atoms with Crippen LogP contribution in [0, 0.1) is 0 Å². The van der Waals surface area contributed by atoms with Gasteiger partial charge in [-0.1, -0.05) is 12.1 Å². The van der Waals surface area contributed by atoms with Gasteiger partial charge in [0.25, 0.3) is 0 Å². The van der Waals surface area contributed by atoms with Crippen molar-refractivity contribution < 1.29 is 14.6 Å². The lowest BCUT2D eigenvalue weighted by Crippen LogP contribution is -1.97. The van der Waals surface area contributed by atoms with E-state index in [9.17, 15) is 9.90 Å². The highest BCUT2D eigenvalue weighted by Gasteiger charge is 2.03. The van der Waals surface area contributed by atoms with Crippen molar-refractivity contribution in [1.29, 1.82) is 0 Å². The predicted molar refractivity (Wildman–Crippen MR) is 47.4 cm³/mol. The summed E-state index contributed by atoms with van der Waals surface area (Å²) in [5.74, 6) is 0.516. The van der Waals surface area contributed by atoms with Crippen LogP contribution < -0.4 is 4.74 Å². The minimum Gasteiger partial charge on any atom is -0.493 e. The molecule has 0 saturated heterocycles. The van der Waals surface area contributed by atoms with Crippen LogP contribution in [-0.2, 0) is 11.7 Å². The standard InChI is InChI=1S/C10H11O3/c1-2-13-10-5-8(6-11)3-4-9(10)7-12/h3-6H,2,7H2,1H3. The van der Waals surface area contributed by atoms with Crippen LogP contribution in [0.2, 0.25) is 0 Å². The fourth-order valence-electron chi connectivity index (χ4n) is 1.05. The minimum atomic E-state index is -0.325. The number of benzene rings is 1. The lowest BCUT2D eigenvalue weighted by Gasteiger charge is -2.07. The first-order valence-electron chi connectivity index (χ1n) is 4.10. The number of carbonyl (C=O) groups excluding carboxylic acids is 1. The van der Waals surface area contributed by atoms with Gasteiger partial charge in [-0.25, -0.2) is 5.11 Å². The lowest BCUT2D eigenvalue weighted by atomic mass is 10.1. The number of hydrogen-bond acceptors (Lipinski definition) is 2. The third-order valence-electron chi connectivity index (χ3n) is 1.68. The molecule has 0 fully saturated rings. The first kappa shape index (κ1) is 9.74. The van der Waals surface area contributed by atoms with E-state index < -0.39 is 0 Å². The summed E-state index contributed by atoms with van der Waals surface area (Å²) < 4.78 is 5.21. The molecule has 0 bridgehead atoms. The van der Waals surface area contributed by atoms with Crippen LogP contribution in [0.3, 0.4) is 0 Å². The van der Waals surface area contributed by atoms with E-state index in [0.717, 1.165) is 6.29 Å². The Hall–Kier alpha value is -1.35. The van der Waals surface area contributed by atoms with Crippen molar-refractivity contribution in [2.75, 3.05) is 6.61 Å². The Labute approximate surface area is 77.0 Å². The summed E-state index contributed by atoms with van der Waals surface area (Å²) in [6.45, 7) is 2.01. The molecule has 0 aromatic heterocycles. The zero-order valence-corrected chi connectivity index (χ0v) is 7.45. The molecule has 69 valence electrons. The average Bonchev–Trinajstić information content (AvgIpc) is 2.18. The second-order valence-corrected chi connectivity index (χ2v) is 2.56. The van der Waals surface area contributed by atoms with E-state index in [1.807, 2.05) is 6.92 Å². The summed E-state index contributed by atoms with van der Waals surface area (Å²) >= 11 is 0. The van der Waals surface area contributed by atoms with Crippen LogP contribution in [0.15, 0.2) is 18.2 Å². The van der Waals surface area contributed by atoms with Gasteiger partial charge in [0.05, 0.1) is 6.61 Å². The van der Waals surface area contributed by atoms with Crippen molar-refractivity contribution in [1.82, 2.24) is 0 Å². The Morgan fingerprint density at radius 2 is 2.23 bits per heavy atom. The third kappa shape index (κ3) is 2.29. The number of rotatable bonds is 4. The van der Waals surface area contributed by atoms with Crippen molar-refractivity contribution in [3.63, 3.8) is 0 Å². The van der Waals surface area contributed by atoms with Gasteiger partial charge >= 0.3 is 0 Å². The summed E-state index contributed by atoms with van der Waals surface area (Å²) in [7, 11) is 0. The van der Waals surface area contributed by atoms with E-state index in [0.29, 0.717) is 23.5 Å². The van der Waals surface area contributed by atoms with E-state index in [-0.39, 0.29) is 6.61 Å². The maximum Gasteiger partial charge on any atom is 0.150 e. The minimum absolute atomic E-state index is 0.325. The number of hydrogen-bond donors (Lipinski definition) is 0. The van der Waals surface area contributed by atoms with Gasteiger partial charge in [-0.2, -0.15) is 0 Å². The van der Waals surface area contributed by atoms with Gasteiger partial charge in [0.15, 0.2) is 0 Å². The fraction of sp³-hybridized carbons (Fsp3) is 0.300. The van der Waals surface area contributed by atoms with E-state index in [2.05, 4.69) is 0 Å². The molecule has 3 heteroatoms. The highest BCUT2D eigenvalue weighted by molar-refractivity contribution is 5.75. The zero-order chi connectivity index (χ0) is 9.68.